The quantitative estimate of drug-likeness (QED) is 0.595. The molecule has 0 fully saturated rings. The van der Waals surface area contributed by atoms with E-state index in [1.807, 2.05) is 0 Å². The number of nitro groups is 1. The van der Waals surface area contributed by atoms with Crippen molar-refractivity contribution in [1.29, 1.82) is 0 Å². The topological polar surface area (TPSA) is 110 Å². The summed E-state index contributed by atoms with van der Waals surface area (Å²) in [4.78, 5) is 22.5. The fourth-order valence-corrected chi connectivity index (χ4v) is 3.19. The molecule has 138 valence electrons. The van der Waals surface area contributed by atoms with Crippen LogP contribution in [0.4, 0.5) is 17.1 Å². The number of carbonyl (C=O) groups excluding carboxylic acids is 1. The molecule has 2 rings (SSSR count). The minimum absolute atomic E-state index is 0.187. The molecule has 0 aromatic heterocycles. The van der Waals surface area contributed by atoms with E-state index in [9.17, 15) is 23.3 Å². The lowest BCUT2D eigenvalue weighted by atomic mass is 10.2. The highest BCUT2D eigenvalue weighted by Gasteiger charge is 2.21. The molecule has 0 saturated carbocycles. The van der Waals surface area contributed by atoms with Crippen LogP contribution in [0.2, 0.25) is 5.02 Å². The maximum absolute atomic E-state index is 12.3. The number of rotatable bonds is 6. The molecule has 0 heterocycles. The third kappa shape index (κ3) is 4.93. The van der Waals surface area contributed by atoms with E-state index in [4.69, 9.17) is 11.6 Å². The number of amides is 1. The van der Waals surface area contributed by atoms with Crippen molar-refractivity contribution in [3.63, 3.8) is 0 Å². The highest BCUT2D eigenvalue weighted by Crippen LogP contribution is 2.25. The van der Waals surface area contributed by atoms with Crippen LogP contribution in [0.3, 0.4) is 0 Å². The normalized spacial score (nSPS) is 11.0. The Balaban J connectivity index is 2.23. The molecule has 8 nitrogen and oxygen atoms in total. The Morgan fingerprint density at radius 2 is 1.96 bits per heavy atom. The van der Waals surface area contributed by atoms with E-state index < -0.39 is 27.4 Å². The van der Waals surface area contributed by atoms with Gasteiger partial charge in [-0.2, -0.15) is 0 Å². The van der Waals surface area contributed by atoms with Gasteiger partial charge in [-0.25, -0.2) is 8.42 Å². The van der Waals surface area contributed by atoms with Crippen LogP contribution in [0.5, 0.6) is 0 Å². The molecular formula is C16H16ClN3O5S. The van der Waals surface area contributed by atoms with Gasteiger partial charge in [-0.1, -0.05) is 23.7 Å². The maximum Gasteiger partial charge on any atom is 0.271 e. The van der Waals surface area contributed by atoms with Gasteiger partial charge in [0, 0.05) is 22.8 Å². The van der Waals surface area contributed by atoms with Gasteiger partial charge in [-0.15, -0.1) is 0 Å². The molecule has 10 heteroatoms. The van der Waals surface area contributed by atoms with Gasteiger partial charge < -0.3 is 5.32 Å². The number of nitrogens with one attached hydrogen (secondary N) is 1. The first-order chi connectivity index (χ1) is 12.1. The predicted molar refractivity (Wildman–Crippen MR) is 100 cm³/mol. The van der Waals surface area contributed by atoms with E-state index >= 15 is 0 Å². The fraction of sp³-hybridized carbons (Fsp3) is 0.188. The van der Waals surface area contributed by atoms with Crippen LogP contribution >= 0.6 is 11.6 Å². The third-order valence-electron chi connectivity index (χ3n) is 3.47. The number of carbonyl (C=O) groups is 1. The van der Waals surface area contributed by atoms with Crippen molar-refractivity contribution < 1.29 is 18.1 Å². The monoisotopic (exact) mass is 397 g/mol. The third-order valence-corrected chi connectivity index (χ3v) is 5.02. The lowest BCUT2D eigenvalue weighted by Crippen LogP contribution is -2.37. The summed E-state index contributed by atoms with van der Waals surface area (Å²) in [5, 5.41) is 13.6. The molecule has 0 spiro atoms. The van der Waals surface area contributed by atoms with Gasteiger partial charge in [0.25, 0.3) is 5.69 Å². The van der Waals surface area contributed by atoms with Crippen molar-refractivity contribution in [2.75, 3.05) is 22.4 Å². The van der Waals surface area contributed by atoms with E-state index in [2.05, 4.69) is 5.32 Å². The highest BCUT2D eigenvalue weighted by molar-refractivity contribution is 7.92. The molecule has 0 atom stereocenters. The Morgan fingerprint density at radius 1 is 1.27 bits per heavy atom. The van der Waals surface area contributed by atoms with E-state index in [-0.39, 0.29) is 17.1 Å². The Hall–Kier alpha value is -2.65. The second-order valence-corrected chi connectivity index (χ2v) is 7.87. The van der Waals surface area contributed by atoms with E-state index in [0.29, 0.717) is 5.02 Å². The number of hydrogen-bond acceptors (Lipinski definition) is 5. The van der Waals surface area contributed by atoms with Gasteiger partial charge in [0.15, 0.2) is 0 Å². The summed E-state index contributed by atoms with van der Waals surface area (Å²) in [5.74, 6) is -0.646. The zero-order chi connectivity index (χ0) is 19.5. The molecule has 2 aromatic rings. The van der Waals surface area contributed by atoms with Crippen LogP contribution in [-0.2, 0) is 14.8 Å². The molecule has 2 aromatic carbocycles. The summed E-state index contributed by atoms with van der Waals surface area (Å²) >= 11 is 6.04. The second kappa shape index (κ2) is 7.71. The predicted octanol–water partition coefficient (Wildman–Crippen LogP) is 2.96. The number of hydrogen-bond donors (Lipinski definition) is 1. The number of anilines is 2. The largest absolute Gasteiger partial charge is 0.324 e. The molecule has 0 aliphatic carbocycles. The minimum Gasteiger partial charge on any atom is -0.324 e. The molecule has 0 unspecified atom stereocenters. The van der Waals surface area contributed by atoms with Crippen LogP contribution in [0.1, 0.15) is 5.56 Å². The summed E-state index contributed by atoms with van der Waals surface area (Å²) in [7, 11) is -3.75. The van der Waals surface area contributed by atoms with Gasteiger partial charge in [0.2, 0.25) is 15.9 Å². The Kier molecular flexibility index (Phi) is 5.83. The molecule has 0 saturated heterocycles. The SMILES string of the molecule is Cc1ccc(N(CC(=O)Nc2cccc([N+](=O)[O-])c2)S(C)(=O)=O)cc1Cl. The zero-order valence-electron chi connectivity index (χ0n) is 14.0. The standard InChI is InChI=1S/C16H16ClN3O5S/c1-11-6-7-13(9-15(11)17)19(26(2,24)25)10-16(21)18-12-4-3-5-14(8-12)20(22)23/h3-9H,10H2,1-2H3,(H,18,21). The number of aryl methyl sites for hydroxylation is 1. The molecule has 1 amide bonds. The van der Waals surface area contributed by atoms with Crippen molar-refractivity contribution in [3.8, 4) is 0 Å². The summed E-state index contributed by atoms with van der Waals surface area (Å²) in [6.07, 6.45) is 0.974. The fourth-order valence-electron chi connectivity index (χ4n) is 2.17. The first kappa shape index (κ1) is 19.7. The summed E-state index contributed by atoms with van der Waals surface area (Å²) in [5.41, 5.74) is 1.02. The summed E-state index contributed by atoms with van der Waals surface area (Å²) < 4.78 is 25.1. The number of benzene rings is 2. The first-order valence-electron chi connectivity index (χ1n) is 7.36. The van der Waals surface area contributed by atoms with Gasteiger partial charge in [-0.3, -0.25) is 19.2 Å². The molecule has 0 aliphatic rings. The first-order valence-corrected chi connectivity index (χ1v) is 9.59. The van der Waals surface area contributed by atoms with Crippen molar-refractivity contribution >= 4 is 44.6 Å². The minimum atomic E-state index is -3.75. The number of sulfonamides is 1. The average Bonchev–Trinajstić information content (AvgIpc) is 2.54. The number of halogens is 1. The van der Waals surface area contributed by atoms with Crippen LogP contribution in [-0.4, -0.2) is 32.0 Å². The highest BCUT2D eigenvalue weighted by atomic mass is 35.5. The lowest BCUT2D eigenvalue weighted by molar-refractivity contribution is -0.384. The molecule has 1 N–H and O–H groups in total. The molecular weight excluding hydrogens is 382 g/mol. The molecule has 26 heavy (non-hydrogen) atoms. The van der Waals surface area contributed by atoms with Crippen LogP contribution in [0.15, 0.2) is 42.5 Å². The zero-order valence-corrected chi connectivity index (χ0v) is 15.5. The second-order valence-electron chi connectivity index (χ2n) is 5.56. The smallest absolute Gasteiger partial charge is 0.271 e. The Labute approximate surface area is 155 Å². The van der Waals surface area contributed by atoms with Gasteiger partial charge in [-0.05, 0) is 30.7 Å². The Morgan fingerprint density at radius 3 is 2.54 bits per heavy atom. The van der Waals surface area contributed by atoms with Crippen molar-refractivity contribution in [3.05, 3.63) is 63.2 Å². The van der Waals surface area contributed by atoms with Crippen LogP contribution < -0.4 is 9.62 Å². The number of non-ortho nitro benzene ring substituents is 1. The van der Waals surface area contributed by atoms with E-state index in [1.54, 1.807) is 19.1 Å². The van der Waals surface area contributed by atoms with Crippen LogP contribution in [0, 0.1) is 17.0 Å². The van der Waals surface area contributed by atoms with E-state index in [1.165, 1.54) is 30.3 Å². The van der Waals surface area contributed by atoms with Crippen molar-refractivity contribution in [2.45, 2.75) is 6.92 Å². The van der Waals surface area contributed by atoms with Crippen molar-refractivity contribution in [1.82, 2.24) is 0 Å². The Bertz CT molecular complexity index is 962. The van der Waals surface area contributed by atoms with Gasteiger partial charge in [0.05, 0.1) is 16.9 Å². The van der Waals surface area contributed by atoms with Crippen LogP contribution in [0.25, 0.3) is 0 Å². The molecule has 0 radical (unpaired) electrons. The van der Waals surface area contributed by atoms with Gasteiger partial charge >= 0.3 is 0 Å². The summed E-state index contributed by atoms with van der Waals surface area (Å²) in [6, 6.07) is 10.0. The average molecular weight is 398 g/mol. The van der Waals surface area contributed by atoms with Crippen molar-refractivity contribution in [2.24, 2.45) is 0 Å². The lowest BCUT2D eigenvalue weighted by Gasteiger charge is -2.22. The molecule has 0 aliphatic heterocycles. The van der Waals surface area contributed by atoms with Gasteiger partial charge in [0.1, 0.15) is 6.54 Å². The molecule has 0 bridgehead atoms. The number of nitrogens with zero attached hydrogens (tertiary/aromatic N) is 2. The maximum atomic E-state index is 12.3. The van der Waals surface area contributed by atoms with E-state index in [0.717, 1.165) is 16.1 Å². The summed E-state index contributed by atoms with van der Waals surface area (Å²) in [6.45, 7) is 1.27. The number of nitro benzene ring substituents is 1.